The largest absolute Gasteiger partial charge is 0.383 e. The van der Waals surface area contributed by atoms with Crippen LogP contribution in [-0.4, -0.2) is 53.9 Å². The number of rotatable bonds is 13. The lowest BCUT2D eigenvalue weighted by molar-refractivity contribution is -0.121. The van der Waals surface area contributed by atoms with E-state index in [9.17, 15) is 26.4 Å². The Morgan fingerprint density at radius 3 is 2.36 bits per heavy atom. The molecule has 0 saturated heterocycles. The third-order valence-electron chi connectivity index (χ3n) is 9.30. The standard InChI is InChI=1S/C32H45N5O6S2/c1-5-44(40,41)32(4,45(42,43)6-2)28(19-23-10-8-7-9-11-23)36-27-15-12-22(3)37(31(27)39)21-29(38)35-20-24-13-14-26-25(18-24)16-17-34-30(26)33/h12-18,23,28,36H,5-11,19-21H2,1-4H3,(H2,33,34)(H,35,38). The molecule has 1 amide bonds. The van der Waals surface area contributed by atoms with Crippen molar-refractivity contribution in [2.75, 3.05) is 22.6 Å². The highest BCUT2D eigenvalue weighted by Gasteiger charge is 2.55. The van der Waals surface area contributed by atoms with Gasteiger partial charge in [-0.2, -0.15) is 0 Å². The van der Waals surface area contributed by atoms with E-state index in [0.717, 1.165) is 48.4 Å². The van der Waals surface area contributed by atoms with Crippen LogP contribution in [0.3, 0.4) is 0 Å². The van der Waals surface area contributed by atoms with Crippen molar-refractivity contribution in [3.05, 3.63) is 64.2 Å². The Kier molecular flexibility index (Phi) is 10.6. The fourth-order valence-corrected chi connectivity index (χ4v) is 10.9. The van der Waals surface area contributed by atoms with E-state index in [0.29, 0.717) is 11.5 Å². The Labute approximate surface area is 265 Å². The second-order valence-corrected chi connectivity index (χ2v) is 17.6. The minimum absolute atomic E-state index is 0.0544. The molecule has 1 aromatic carbocycles. The minimum Gasteiger partial charge on any atom is -0.383 e. The summed E-state index contributed by atoms with van der Waals surface area (Å²) in [6, 6.07) is 9.57. The summed E-state index contributed by atoms with van der Waals surface area (Å²) in [4.78, 5) is 30.9. The Hall–Kier alpha value is -3.45. The number of pyridine rings is 2. The molecular weight excluding hydrogens is 615 g/mol. The first kappa shape index (κ1) is 34.4. The van der Waals surface area contributed by atoms with Crippen LogP contribution >= 0.6 is 0 Å². The fraction of sp³-hybridized carbons (Fsp3) is 0.531. The lowest BCUT2D eigenvalue weighted by atomic mass is 9.84. The summed E-state index contributed by atoms with van der Waals surface area (Å²) in [5.74, 6) is -0.558. The third-order valence-corrected chi connectivity index (χ3v) is 15.4. The van der Waals surface area contributed by atoms with Gasteiger partial charge in [0.1, 0.15) is 18.1 Å². The molecule has 4 N–H and O–H groups in total. The van der Waals surface area contributed by atoms with Crippen molar-refractivity contribution in [2.45, 2.75) is 89.4 Å². The number of nitrogens with zero attached hydrogens (tertiary/aromatic N) is 2. The second-order valence-electron chi connectivity index (χ2n) is 12.1. The fourth-order valence-electron chi connectivity index (χ4n) is 6.29. The van der Waals surface area contributed by atoms with E-state index in [1.807, 2.05) is 24.3 Å². The Morgan fingerprint density at radius 1 is 1.04 bits per heavy atom. The van der Waals surface area contributed by atoms with Gasteiger partial charge in [-0.15, -0.1) is 0 Å². The van der Waals surface area contributed by atoms with E-state index < -0.39 is 41.3 Å². The maximum Gasteiger partial charge on any atom is 0.274 e. The molecule has 2 aromatic heterocycles. The number of carbonyl (C=O) groups excluding carboxylic acids is 1. The third kappa shape index (κ3) is 7.19. The van der Waals surface area contributed by atoms with Crippen molar-refractivity contribution in [1.29, 1.82) is 0 Å². The first-order valence-corrected chi connectivity index (χ1v) is 18.9. The maximum absolute atomic E-state index is 13.8. The van der Waals surface area contributed by atoms with E-state index in [2.05, 4.69) is 15.6 Å². The van der Waals surface area contributed by atoms with Gasteiger partial charge in [-0.3, -0.25) is 9.59 Å². The number of hydrogen-bond donors (Lipinski definition) is 3. The molecular formula is C32H45N5O6S2. The van der Waals surface area contributed by atoms with E-state index in [-0.39, 0.29) is 42.6 Å². The van der Waals surface area contributed by atoms with Gasteiger partial charge >= 0.3 is 0 Å². The van der Waals surface area contributed by atoms with Crippen LogP contribution in [-0.2, 0) is 37.6 Å². The number of anilines is 2. The van der Waals surface area contributed by atoms with Gasteiger partial charge in [0.05, 0.1) is 6.04 Å². The molecule has 1 aliphatic carbocycles. The van der Waals surface area contributed by atoms with Gasteiger partial charge < -0.3 is 20.9 Å². The molecule has 1 aliphatic rings. The smallest absolute Gasteiger partial charge is 0.274 e. The summed E-state index contributed by atoms with van der Waals surface area (Å²) < 4.78 is 53.4. The number of nitrogen functional groups attached to an aromatic ring is 1. The zero-order valence-corrected chi connectivity index (χ0v) is 28.1. The number of nitrogens with one attached hydrogen (secondary N) is 2. The number of carbonyl (C=O) groups is 1. The second kappa shape index (κ2) is 13.9. The van der Waals surface area contributed by atoms with Crippen LogP contribution in [0.4, 0.5) is 11.5 Å². The van der Waals surface area contributed by atoms with Gasteiger partial charge in [-0.05, 0) is 61.4 Å². The zero-order valence-electron chi connectivity index (χ0n) is 26.5. The predicted molar refractivity (Wildman–Crippen MR) is 179 cm³/mol. The summed E-state index contributed by atoms with van der Waals surface area (Å²) in [5.41, 5.74) is 6.84. The molecule has 0 radical (unpaired) electrons. The molecule has 13 heteroatoms. The first-order valence-electron chi connectivity index (χ1n) is 15.6. The van der Waals surface area contributed by atoms with Crippen LogP contribution in [0.15, 0.2) is 47.4 Å². The van der Waals surface area contributed by atoms with Crippen LogP contribution in [0.2, 0.25) is 0 Å². The van der Waals surface area contributed by atoms with Gasteiger partial charge in [-0.1, -0.05) is 58.1 Å². The van der Waals surface area contributed by atoms with Crippen LogP contribution in [0.5, 0.6) is 0 Å². The van der Waals surface area contributed by atoms with Crippen molar-refractivity contribution in [3.63, 3.8) is 0 Å². The van der Waals surface area contributed by atoms with E-state index in [1.165, 1.54) is 31.4 Å². The molecule has 0 spiro atoms. The van der Waals surface area contributed by atoms with Crippen molar-refractivity contribution >= 4 is 47.9 Å². The molecule has 0 aliphatic heterocycles. The quantitative estimate of drug-likeness (QED) is 0.246. The van der Waals surface area contributed by atoms with Crippen LogP contribution in [0, 0.1) is 12.8 Å². The maximum atomic E-state index is 13.8. The van der Waals surface area contributed by atoms with Crippen molar-refractivity contribution in [2.24, 2.45) is 5.92 Å². The van der Waals surface area contributed by atoms with Gasteiger partial charge in [-0.25, -0.2) is 21.8 Å². The molecule has 0 bridgehead atoms. The van der Waals surface area contributed by atoms with Crippen molar-refractivity contribution in [1.82, 2.24) is 14.9 Å². The van der Waals surface area contributed by atoms with Gasteiger partial charge in [0, 0.05) is 35.3 Å². The number of amides is 1. The molecule has 4 rings (SSSR count). The van der Waals surface area contributed by atoms with Gasteiger partial charge in [0.25, 0.3) is 5.56 Å². The molecule has 2 heterocycles. The Bertz CT molecular complexity index is 1780. The summed E-state index contributed by atoms with van der Waals surface area (Å²) >= 11 is 0. The molecule has 1 saturated carbocycles. The number of benzene rings is 1. The van der Waals surface area contributed by atoms with Crippen molar-refractivity contribution < 1.29 is 21.6 Å². The summed E-state index contributed by atoms with van der Waals surface area (Å²) in [7, 11) is -8.27. The van der Waals surface area contributed by atoms with Gasteiger partial charge in [0.15, 0.2) is 23.8 Å². The Balaban J connectivity index is 1.61. The molecule has 246 valence electrons. The molecule has 11 nitrogen and oxygen atoms in total. The highest BCUT2D eigenvalue weighted by molar-refractivity contribution is 8.10. The average molecular weight is 660 g/mol. The average Bonchev–Trinajstić information content (AvgIpc) is 3.02. The predicted octanol–water partition coefficient (Wildman–Crippen LogP) is 3.94. The molecule has 1 fully saturated rings. The number of sulfone groups is 2. The van der Waals surface area contributed by atoms with E-state index >= 15 is 0 Å². The molecule has 3 aromatic rings. The number of fused-ring (bicyclic) bond motifs is 1. The Morgan fingerprint density at radius 2 is 1.71 bits per heavy atom. The highest BCUT2D eigenvalue weighted by Crippen LogP contribution is 2.38. The molecule has 1 atom stereocenters. The first-order chi connectivity index (χ1) is 21.2. The van der Waals surface area contributed by atoms with Crippen molar-refractivity contribution in [3.8, 4) is 0 Å². The summed E-state index contributed by atoms with van der Waals surface area (Å²) in [6.07, 6.45) is 6.71. The lowest BCUT2D eigenvalue weighted by Gasteiger charge is -2.39. The monoisotopic (exact) mass is 659 g/mol. The number of nitrogens with two attached hydrogens (primary N) is 1. The normalized spacial score (nSPS) is 15.6. The number of hydrogen-bond acceptors (Lipinski definition) is 9. The van der Waals surface area contributed by atoms with E-state index in [1.54, 1.807) is 19.2 Å². The van der Waals surface area contributed by atoms with Crippen LogP contribution in [0.25, 0.3) is 10.8 Å². The lowest BCUT2D eigenvalue weighted by Crippen LogP contribution is -2.58. The number of aryl methyl sites for hydroxylation is 1. The highest BCUT2D eigenvalue weighted by atomic mass is 32.3. The molecule has 45 heavy (non-hydrogen) atoms. The van der Waals surface area contributed by atoms with E-state index in [4.69, 9.17) is 5.73 Å². The SMILES string of the molecule is CCS(=O)(=O)C(C)(C(CC1CCCCC1)Nc1ccc(C)n(CC(=O)NCc2ccc3c(N)nccc3c2)c1=O)S(=O)(=O)CC. The number of aromatic nitrogens is 2. The summed E-state index contributed by atoms with van der Waals surface area (Å²) in [5, 5.41) is 7.66. The zero-order chi connectivity index (χ0) is 33.0. The molecule has 1 unspecified atom stereocenters. The topological polar surface area (TPSA) is 170 Å². The van der Waals surface area contributed by atoms with Crippen LogP contribution < -0.4 is 21.9 Å². The van der Waals surface area contributed by atoms with Gasteiger partial charge in [0.2, 0.25) is 5.91 Å². The minimum atomic E-state index is -4.13. The van der Waals surface area contributed by atoms with Crippen LogP contribution in [0.1, 0.15) is 70.6 Å². The summed E-state index contributed by atoms with van der Waals surface area (Å²) in [6.45, 7) is 5.83.